The molecule has 0 amide bonds. The van der Waals surface area contributed by atoms with Gasteiger partial charge in [-0.05, 0) is 95.4 Å². The highest BCUT2D eigenvalue weighted by Crippen LogP contribution is 2.50. The van der Waals surface area contributed by atoms with Gasteiger partial charge < -0.3 is 33.3 Å². The number of hydrogen-bond donors (Lipinski definition) is 0. The number of benzene rings is 4. The summed E-state index contributed by atoms with van der Waals surface area (Å²) in [4.78, 5) is 31.2. The zero-order chi connectivity index (χ0) is 43.1. The van der Waals surface area contributed by atoms with Gasteiger partial charge in [-0.2, -0.15) is 0 Å². The summed E-state index contributed by atoms with van der Waals surface area (Å²) in [5.41, 5.74) is 5.99. The van der Waals surface area contributed by atoms with Crippen molar-refractivity contribution in [1.29, 1.82) is 0 Å². The molecular formula is C51H66N2O8. The zero-order valence-electron chi connectivity index (χ0n) is 37.4. The van der Waals surface area contributed by atoms with Gasteiger partial charge in [-0.15, -0.1) is 0 Å². The van der Waals surface area contributed by atoms with Crippen LogP contribution in [0.3, 0.4) is 0 Å². The molecule has 1 saturated heterocycles. The Morgan fingerprint density at radius 1 is 0.492 bits per heavy atom. The molecule has 0 bridgehead atoms. The van der Waals surface area contributed by atoms with Crippen LogP contribution in [0, 0.1) is 0 Å². The van der Waals surface area contributed by atoms with Crippen LogP contribution in [0.15, 0.2) is 60.7 Å². The molecule has 0 aromatic heterocycles. The van der Waals surface area contributed by atoms with Gasteiger partial charge in [-0.3, -0.25) is 14.5 Å². The summed E-state index contributed by atoms with van der Waals surface area (Å²) in [5, 5.41) is 0. The molecule has 4 aromatic carbocycles. The highest BCUT2D eigenvalue weighted by molar-refractivity contribution is 6.24. The molecule has 7 rings (SSSR count). The van der Waals surface area contributed by atoms with Crippen molar-refractivity contribution in [3.63, 3.8) is 0 Å². The lowest BCUT2D eigenvalue weighted by Crippen LogP contribution is -2.25. The third kappa shape index (κ3) is 10.9. The molecule has 0 spiro atoms. The number of carbonyl (C=O) groups excluding carboxylic acids is 2. The second kappa shape index (κ2) is 22.7. The first-order valence-electron chi connectivity index (χ1n) is 22.8. The number of nitrogens with zero attached hydrogens (tertiary/aromatic N) is 2. The highest BCUT2D eigenvalue weighted by Gasteiger charge is 2.35. The molecule has 1 heterocycles. The molecule has 0 radical (unpaired) electrons. The monoisotopic (exact) mass is 834 g/mol. The number of fused-ring (bicyclic) bond motifs is 6. The van der Waals surface area contributed by atoms with E-state index in [9.17, 15) is 9.59 Å². The highest BCUT2D eigenvalue weighted by atomic mass is 16.5. The standard InChI is InChI=1S/C26H35NO4.C25H31NO4/c1-5-14-29-19-17-21-25(23(18-19)30-15-6-2)24-20(26(21)28)11-9-12-22(24)31-16-10-13-27(7-3)8-4;1-3-13-28-18-16-20-24(22(17-18)29-14-4-2)23-19(25(20)27)8-7-9-21(23)30-15-12-26-10-5-6-11-26/h9,11-12,17-18H,5-8,10,13-16H2,1-4H3;7-9,16-17H,3-6,10-15H2,1-2H3. The second-order valence-corrected chi connectivity index (χ2v) is 15.7. The minimum Gasteiger partial charge on any atom is -0.493 e. The van der Waals surface area contributed by atoms with E-state index in [4.69, 9.17) is 28.4 Å². The van der Waals surface area contributed by atoms with Gasteiger partial charge in [0.1, 0.15) is 41.1 Å². The van der Waals surface area contributed by atoms with Crippen LogP contribution in [0.1, 0.15) is 118 Å². The van der Waals surface area contributed by atoms with Crippen molar-refractivity contribution in [3.05, 3.63) is 82.9 Å². The third-order valence-electron chi connectivity index (χ3n) is 11.2. The molecular weight excluding hydrogens is 769 g/mol. The van der Waals surface area contributed by atoms with Crippen molar-refractivity contribution in [3.8, 4) is 56.8 Å². The lowest BCUT2D eigenvalue weighted by molar-refractivity contribution is 0.103. The molecule has 61 heavy (non-hydrogen) atoms. The Balaban J connectivity index is 0.000000204. The number of hydrogen-bond acceptors (Lipinski definition) is 10. The van der Waals surface area contributed by atoms with E-state index in [1.54, 1.807) is 0 Å². The SMILES string of the molecule is CCCOc1cc(OCCC)c2c(c1)C(=O)c1cccc(OCCCN(CC)CC)c1-2.CCCOc1cc(OCCC)c2c(c1)C(=O)c1cccc(OCCN3CCCC3)c1-2. The Labute approximate surface area is 363 Å². The molecule has 0 saturated carbocycles. The van der Waals surface area contributed by atoms with E-state index in [1.165, 1.54) is 12.8 Å². The fraction of sp³-hybridized carbons (Fsp3) is 0.490. The largest absolute Gasteiger partial charge is 0.493 e. The Morgan fingerprint density at radius 2 is 0.918 bits per heavy atom. The molecule has 0 unspecified atom stereocenters. The Hall–Kier alpha value is -5.06. The normalized spacial score (nSPS) is 13.6. The molecule has 4 aromatic rings. The summed E-state index contributed by atoms with van der Waals surface area (Å²) < 4.78 is 36.2. The molecule has 0 N–H and O–H groups in total. The van der Waals surface area contributed by atoms with Gasteiger partial charge in [-0.25, -0.2) is 0 Å². The van der Waals surface area contributed by atoms with Crippen molar-refractivity contribution in [2.24, 2.45) is 0 Å². The van der Waals surface area contributed by atoms with Crippen molar-refractivity contribution in [1.82, 2.24) is 9.80 Å². The van der Waals surface area contributed by atoms with E-state index in [-0.39, 0.29) is 11.6 Å². The maximum Gasteiger partial charge on any atom is 0.194 e. The minimum atomic E-state index is 0.00175. The number of carbonyl (C=O) groups is 2. The molecule has 1 fully saturated rings. The van der Waals surface area contributed by atoms with Gasteiger partial charge in [0.2, 0.25) is 0 Å². The molecule has 0 atom stereocenters. The van der Waals surface area contributed by atoms with Gasteiger partial charge in [0.25, 0.3) is 0 Å². The number of ether oxygens (including phenoxy) is 6. The van der Waals surface area contributed by atoms with Gasteiger partial charge in [-0.1, -0.05) is 65.8 Å². The molecule has 2 aliphatic carbocycles. The average Bonchev–Trinajstić information content (AvgIpc) is 3.99. The van der Waals surface area contributed by atoms with E-state index in [0.717, 1.165) is 105 Å². The summed E-state index contributed by atoms with van der Waals surface area (Å²) in [5.74, 6) is 4.25. The number of likely N-dealkylation sites (tertiary alicyclic amines) is 1. The first-order valence-corrected chi connectivity index (χ1v) is 22.8. The smallest absolute Gasteiger partial charge is 0.194 e. The van der Waals surface area contributed by atoms with Crippen LogP contribution in [-0.2, 0) is 0 Å². The van der Waals surface area contributed by atoms with Crippen LogP contribution >= 0.6 is 0 Å². The van der Waals surface area contributed by atoms with Crippen molar-refractivity contribution in [2.75, 3.05) is 78.9 Å². The Kier molecular flexibility index (Phi) is 16.9. The maximum atomic E-state index is 13.2. The molecule has 10 heteroatoms. The van der Waals surface area contributed by atoms with Gasteiger partial charge in [0, 0.05) is 69.7 Å². The fourth-order valence-corrected chi connectivity index (χ4v) is 8.10. The fourth-order valence-electron chi connectivity index (χ4n) is 8.10. The quantitative estimate of drug-likeness (QED) is 0.0581. The lowest BCUT2D eigenvalue weighted by atomic mass is 10.0. The zero-order valence-corrected chi connectivity index (χ0v) is 37.4. The molecule has 3 aliphatic rings. The van der Waals surface area contributed by atoms with Gasteiger partial charge in [0.15, 0.2) is 11.6 Å². The topological polar surface area (TPSA) is 96.0 Å². The van der Waals surface area contributed by atoms with Crippen molar-refractivity contribution >= 4 is 11.6 Å². The van der Waals surface area contributed by atoms with Crippen molar-refractivity contribution in [2.45, 2.75) is 86.5 Å². The molecule has 328 valence electrons. The maximum absolute atomic E-state index is 13.2. The van der Waals surface area contributed by atoms with Crippen LogP contribution in [0.2, 0.25) is 0 Å². The van der Waals surface area contributed by atoms with Crippen molar-refractivity contribution < 1.29 is 38.0 Å². The van der Waals surface area contributed by atoms with Crippen LogP contribution in [0.4, 0.5) is 0 Å². The van der Waals surface area contributed by atoms with E-state index < -0.39 is 0 Å². The first-order chi connectivity index (χ1) is 29.9. The summed E-state index contributed by atoms with van der Waals surface area (Å²) >= 11 is 0. The average molecular weight is 835 g/mol. The predicted octanol–water partition coefficient (Wildman–Crippen LogP) is 10.5. The van der Waals surface area contributed by atoms with E-state index in [2.05, 4.69) is 51.3 Å². The van der Waals surface area contributed by atoms with Crippen LogP contribution < -0.4 is 28.4 Å². The van der Waals surface area contributed by atoms with Crippen LogP contribution in [0.25, 0.3) is 22.3 Å². The van der Waals surface area contributed by atoms with E-state index in [1.807, 2.05) is 60.7 Å². The van der Waals surface area contributed by atoms with Gasteiger partial charge in [0.05, 0.1) is 33.0 Å². The van der Waals surface area contributed by atoms with Gasteiger partial charge >= 0.3 is 0 Å². The predicted molar refractivity (Wildman–Crippen MR) is 243 cm³/mol. The number of ketones is 2. The minimum absolute atomic E-state index is 0.00175. The van der Waals surface area contributed by atoms with E-state index in [0.29, 0.717) is 84.9 Å². The first kappa shape index (κ1) is 45.5. The summed E-state index contributed by atoms with van der Waals surface area (Å²) in [6.07, 6.45) is 7.07. The number of rotatable bonds is 23. The molecule has 1 aliphatic heterocycles. The van der Waals surface area contributed by atoms with Crippen LogP contribution in [-0.4, -0.2) is 100 Å². The summed E-state index contributed by atoms with van der Waals surface area (Å²) in [7, 11) is 0. The summed E-state index contributed by atoms with van der Waals surface area (Å²) in [6, 6.07) is 18.9. The van der Waals surface area contributed by atoms with E-state index >= 15 is 0 Å². The summed E-state index contributed by atoms with van der Waals surface area (Å²) in [6.45, 7) is 22.5. The second-order valence-electron chi connectivity index (χ2n) is 15.7. The lowest BCUT2D eigenvalue weighted by Gasteiger charge is -2.18. The van der Waals surface area contributed by atoms with Crippen LogP contribution in [0.5, 0.6) is 34.5 Å². The Bertz CT molecular complexity index is 2090. The third-order valence-corrected chi connectivity index (χ3v) is 11.2. The molecule has 10 nitrogen and oxygen atoms in total. The Morgan fingerprint density at radius 3 is 1.38 bits per heavy atom.